The quantitative estimate of drug-likeness (QED) is 0.926. The molecular weight excluding hydrogens is 279 g/mol. The molecule has 5 heteroatoms. The third-order valence-electron chi connectivity index (χ3n) is 3.79. The van der Waals surface area contributed by atoms with Crippen molar-refractivity contribution in [3.63, 3.8) is 0 Å². The predicted molar refractivity (Wildman–Crippen MR) is 80.6 cm³/mol. The number of hydrogen-bond acceptors (Lipinski definition) is 2. The van der Waals surface area contributed by atoms with Gasteiger partial charge >= 0.3 is 0 Å². The predicted octanol–water partition coefficient (Wildman–Crippen LogP) is 2.39. The smallest absolute Gasteiger partial charge is 0.222 e. The van der Waals surface area contributed by atoms with Crippen molar-refractivity contribution in [2.24, 2.45) is 0 Å². The van der Waals surface area contributed by atoms with Crippen molar-refractivity contribution in [3.05, 3.63) is 35.6 Å². The van der Waals surface area contributed by atoms with Gasteiger partial charge in [-0.2, -0.15) is 0 Å². The van der Waals surface area contributed by atoms with Gasteiger partial charge in [-0.05, 0) is 50.0 Å². The van der Waals surface area contributed by atoms with E-state index in [9.17, 15) is 9.18 Å². The third-order valence-corrected chi connectivity index (χ3v) is 3.79. The van der Waals surface area contributed by atoms with Gasteiger partial charge in [0.1, 0.15) is 5.82 Å². The summed E-state index contributed by atoms with van der Waals surface area (Å²) in [5, 5.41) is 3.30. The lowest BCUT2D eigenvalue weighted by Gasteiger charge is -2.31. The largest absolute Gasteiger partial charge is 0.343 e. The second-order valence-electron chi connectivity index (χ2n) is 5.11. The summed E-state index contributed by atoms with van der Waals surface area (Å²) < 4.78 is 12.8. The Morgan fingerprint density at radius 2 is 1.90 bits per heavy atom. The average Bonchev–Trinajstić information content (AvgIpc) is 2.46. The summed E-state index contributed by atoms with van der Waals surface area (Å²) in [6.45, 7) is 1.97. The first kappa shape index (κ1) is 16.9. The molecule has 0 atom stereocenters. The van der Waals surface area contributed by atoms with Crippen LogP contribution >= 0.6 is 12.4 Å². The van der Waals surface area contributed by atoms with Crippen LogP contribution in [-0.2, 0) is 11.2 Å². The number of nitrogens with one attached hydrogen (secondary N) is 1. The van der Waals surface area contributed by atoms with Gasteiger partial charge in [-0.3, -0.25) is 4.79 Å². The summed E-state index contributed by atoms with van der Waals surface area (Å²) in [4.78, 5) is 14.0. The van der Waals surface area contributed by atoms with Crippen LogP contribution in [0.1, 0.15) is 24.8 Å². The molecule has 0 bridgehead atoms. The van der Waals surface area contributed by atoms with Gasteiger partial charge < -0.3 is 10.2 Å². The van der Waals surface area contributed by atoms with Crippen molar-refractivity contribution in [2.75, 3.05) is 20.1 Å². The SMILES string of the molecule is CN(C(=O)CCc1ccc(F)cc1)C1CCNCC1.Cl. The molecule has 20 heavy (non-hydrogen) atoms. The molecule has 0 saturated carbocycles. The van der Waals surface area contributed by atoms with Crippen LogP contribution in [0, 0.1) is 5.82 Å². The summed E-state index contributed by atoms with van der Waals surface area (Å²) in [6, 6.07) is 6.73. The fraction of sp³-hybridized carbons (Fsp3) is 0.533. The molecule has 3 nitrogen and oxygen atoms in total. The Morgan fingerprint density at radius 1 is 1.30 bits per heavy atom. The highest BCUT2D eigenvalue weighted by Gasteiger charge is 2.21. The van der Waals surface area contributed by atoms with Gasteiger partial charge in [0.15, 0.2) is 0 Å². The van der Waals surface area contributed by atoms with Crippen LogP contribution in [0.15, 0.2) is 24.3 Å². The Hall–Kier alpha value is -1.13. The van der Waals surface area contributed by atoms with Crippen LogP contribution in [0.4, 0.5) is 4.39 Å². The van der Waals surface area contributed by atoms with Crippen molar-refractivity contribution < 1.29 is 9.18 Å². The van der Waals surface area contributed by atoms with Crippen LogP contribution in [-0.4, -0.2) is 37.0 Å². The highest BCUT2D eigenvalue weighted by molar-refractivity contribution is 5.85. The highest BCUT2D eigenvalue weighted by atomic mass is 35.5. The Bertz CT molecular complexity index is 418. The standard InChI is InChI=1S/C15H21FN2O.ClH/c1-18(14-8-10-17-11-9-14)15(19)7-4-12-2-5-13(16)6-3-12;/h2-3,5-6,14,17H,4,7-11H2,1H3;1H. The summed E-state index contributed by atoms with van der Waals surface area (Å²) in [5.41, 5.74) is 1.01. The van der Waals surface area contributed by atoms with Gasteiger partial charge in [0, 0.05) is 19.5 Å². The molecule has 1 saturated heterocycles. The normalized spacial score (nSPS) is 15.5. The maximum Gasteiger partial charge on any atom is 0.222 e. The molecule has 0 unspecified atom stereocenters. The molecule has 0 aliphatic carbocycles. The van der Waals surface area contributed by atoms with Crippen molar-refractivity contribution in [3.8, 4) is 0 Å². The molecule has 1 aliphatic heterocycles. The number of carbonyl (C=O) groups is 1. The van der Waals surface area contributed by atoms with E-state index in [2.05, 4.69) is 5.32 Å². The number of piperidine rings is 1. The fourth-order valence-corrected chi connectivity index (χ4v) is 2.48. The number of rotatable bonds is 4. The summed E-state index contributed by atoms with van der Waals surface area (Å²) in [5.74, 6) is -0.0573. The molecule has 1 amide bonds. The van der Waals surface area contributed by atoms with Gasteiger partial charge in [0.2, 0.25) is 5.91 Å². The molecular formula is C15H22ClFN2O. The van der Waals surface area contributed by atoms with Crippen LogP contribution in [0.2, 0.25) is 0 Å². The second-order valence-corrected chi connectivity index (χ2v) is 5.11. The maximum atomic E-state index is 12.8. The van der Waals surface area contributed by atoms with E-state index in [4.69, 9.17) is 0 Å². The minimum atomic E-state index is -0.234. The number of hydrogen-bond donors (Lipinski definition) is 1. The second kappa shape index (κ2) is 8.22. The zero-order valence-corrected chi connectivity index (χ0v) is 12.6. The molecule has 112 valence electrons. The Labute approximate surface area is 125 Å². The van der Waals surface area contributed by atoms with Crippen molar-refractivity contribution in [1.29, 1.82) is 0 Å². The first-order chi connectivity index (χ1) is 9.16. The van der Waals surface area contributed by atoms with Gasteiger partial charge in [0.25, 0.3) is 0 Å². The van der Waals surface area contributed by atoms with E-state index in [0.717, 1.165) is 31.5 Å². The van der Waals surface area contributed by atoms with E-state index in [0.29, 0.717) is 18.9 Å². The monoisotopic (exact) mass is 300 g/mol. The molecule has 1 aromatic rings. The lowest BCUT2D eigenvalue weighted by Crippen LogP contribution is -2.44. The van der Waals surface area contributed by atoms with Gasteiger partial charge in [-0.25, -0.2) is 4.39 Å². The molecule has 1 aliphatic rings. The number of halogens is 2. The summed E-state index contributed by atoms with van der Waals surface area (Å²) >= 11 is 0. The van der Waals surface area contributed by atoms with Crippen molar-refractivity contribution >= 4 is 18.3 Å². The molecule has 0 radical (unpaired) electrons. The Balaban J connectivity index is 0.00000200. The summed E-state index contributed by atoms with van der Waals surface area (Å²) in [6.07, 6.45) is 3.22. The molecule has 1 aromatic carbocycles. The molecule has 1 N–H and O–H groups in total. The number of amides is 1. The Morgan fingerprint density at radius 3 is 2.50 bits per heavy atom. The zero-order chi connectivity index (χ0) is 13.7. The van der Waals surface area contributed by atoms with Crippen molar-refractivity contribution in [1.82, 2.24) is 10.2 Å². The van der Waals surface area contributed by atoms with Crippen LogP contribution in [0.5, 0.6) is 0 Å². The fourth-order valence-electron chi connectivity index (χ4n) is 2.48. The molecule has 0 spiro atoms. The van der Waals surface area contributed by atoms with Gasteiger partial charge in [0.05, 0.1) is 0 Å². The van der Waals surface area contributed by atoms with Crippen LogP contribution < -0.4 is 5.32 Å². The number of carbonyl (C=O) groups excluding carboxylic acids is 1. The van der Waals surface area contributed by atoms with Crippen LogP contribution in [0.25, 0.3) is 0 Å². The average molecular weight is 301 g/mol. The lowest BCUT2D eigenvalue weighted by molar-refractivity contribution is -0.132. The molecule has 1 fully saturated rings. The van der Waals surface area contributed by atoms with Crippen LogP contribution in [0.3, 0.4) is 0 Å². The lowest BCUT2D eigenvalue weighted by atomic mass is 10.0. The summed E-state index contributed by atoms with van der Waals surface area (Å²) in [7, 11) is 1.89. The van der Waals surface area contributed by atoms with E-state index >= 15 is 0 Å². The number of benzene rings is 1. The van der Waals surface area contributed by atoms with E-state index < -0.39 is 0 Å². The minimum absolute atomic E-state index is 0. The van der Waals surface area contributed by atoms with E-state index in [1.54, 1.807) is 12.1 Å². The number of nitrogens with zero attached hydrogens (tertiary/aromatic N) is 1. The maximum absolute atomic E-state index is 12.8. The van der Waals surface area contributed by atoms with E-state index in [1.807, 2.05) is 11.9 Å². The molecule has 0 aromatic heterocycles. The molecule has 1 heterocycles. The van der Waals surface area contributed by atoms with E-state index in [1.165, 1.54) is 12.1 Å². The number of aryl methyl sites for hydroxylation is 1. The first-order valence-electron chi connectivity index (χ1n) is 6.87. The highest BCUT2D eigenvalue weighted by Crippen LogP contribution is 2.12. The minimum Gasteiger partial charge on any atom is -0.343 e. The van der Waals surface area contributed by atoms with E-state index in [-0.39, 0.29) is 24.1 Å². The van der Waals surface area contributed by atoms with Gasteiger partial charge in [-0.1, -0.05) is 12.1 Å². The third kappa shape index (κ3) is 4.76. The Kier molecular flexibility index (Phi) is 6.96. The topological polar surface area (TPSA) is 32.3 Å². The molecule has 2 rings (SSSR count). The first-order valence-corrected chi connectivity index (χ1v) is 6.87. The van der Waals surface area contributed by atoms with Gasteiger partial charge in [-0.15, -0.1) is 12.4 Å². The van der Waals surface area contributed by atoms with Crippen molar-refractivity contribution in [2.45, 2.75) is 31.7 Å². The zero-order valence-electron chi connectivity index (χ0n) is 11.8.